The molecule has 0 aliphatic carbocycles. The number of piperidine rings is 1. The lowest BCUT2D eigenvalue weighted by Crippen LogP contribution is -2.49. The fraction of sp³-hybridized carbons (Fsp3) is 0.773. The van der Waals surface area contributed by atoms with Gasteiger partial charge in [-0.15, -0.1) is 0 Å². The Kier molecular flexibility index (Phi) is 8.28. The molecule has 152 valence electrons. The third-order valence-corrected chi connectivity index (χ3v) is 7.17. The van der Waals surface area contributed by atoms with E-state index in [-0.39, 0.29) is 11.7 Å². The van der Waals surface area contributed by atoms with Crippen molar-refractivity contribution in [1.82, 2.24) is 9.47 Å². The highest BCUT2D eigenvalue weighted by Crippen LogP contribution is 2.34. The molecule has 1 unspecified atom stereocenters. The Morgan fingerprint density at radius 3 is 2.81 bits per heavy atom. The average Bonchev–Trinajstić information content (AvgIpc) is 2.65. The summed E-state index contributed by atoms with van der Waals surface area (Å²) in [4.78, 5) is 14.5. The molecule has 3 atom stereocenters. The van der Waals surface area contributed by atoms with Crippen LogP contribution >= 0.6 is 11.8 Å². The van der Waals surface area contributed by atoms with Crippen LogP contribution in [0.5, 0.6) is 0 Å². The van der Waals surface area contributed by atoms with Crippen LogP contribution in [0.15, 0.2) is 23.0 Å². The number of thioether (sulfide) groups is 1. The number of hydrogen-bond acceptors (Lipinski definition) is 4. The average molecular weight is 393 g/mol. The number of nitrogens with zero attached hydrogens (tertiary/aromatic N) is 2. The fourth-order valence-corrected chi connectivity index (χ4v) is 5.65. The monoisotopic (exact) mass is 392 g/mol. The van der Waals surface area contributed by atoms with E-state index >= 15 is 0 Å². The Balaban J connectivity index is 1.36. The molecular weight excluding hydrogens is 356 g/mol. The van der Waals surface area contributed by atoms with Crippen molar-refractivity contribution in [2.45, 2.75) is 70.4 Å². The van der Waals surface area contributed by atoms with E-state index in [4.69, 9.17) is 0 Å². The Bertz CT molecular complexity index is 633. The van der Waals surface area contributed by atoms with Crippen LogP contribution in [0.4, 0.5) is 0 Å². The zero-order valence-electron chi connectivity index (χ0n) is 16.8. The second-order valence-electron chi connectivity index (χ2n) is 8.41. The molecule has 27 heavy (non-hydrogen) atoms. The van der Waals surface area contributed by atoms with Crippen LogP contribution in [0.2, 0.25) is 0 Å². The molecule has 1 fully saturated rings. The first-order chi connectivity index (χ1) is 13.2. The first kappa shape index (κ1) is 20.9. The van der Waals surface area contributed by atoms with Gasteiger partial charge in [-0.1, -0.05) is 45.1 Å². The van der Waals surface area contributed by atoms with Crippen LogP contribution in [0.3, 0.4) is 0 Å². The van der Waals surface area contributed by atoms with Gasteiger partial charge in [0.2, 0.25) is 0 Å². The predicted molar refractivity (Wildman–Crippen MR) is 115 cm³/mol. The first-order valence-corrected chi connectivity index (χ1v) is 12.0. The molecule has 0 radical (unpaired) electrons. The zero-order chi connectivity index (χ0) is 19.1. The summed E-state index contributed by atoms with van der Waals surface area (Å²) in [5, 5.41) is 10.5. The van der Waals surface area contributed by atoms with Crippen molar-refractivity contribution in [2.75, 3.05) is 31.1 Å². The van der Waals surface area contributed by atoms with Gasteiger partial charge < -0.3 is 9.67 Å². The minimum atomic E-state index is -0.244. The van der Waals surface area contributed by atoms with Crippen LogP contribution in [0, 0.1) is 5.92 Å². The Labute approximate surface area is 168 Å². The van der Waals surface area contributed by atoms with Gasteiger partial charge in [0.25, 0.3) is 5.56 Å². The van der Waals surface area contributed by atoms with Crippen molar-refractivity contribution in [3.63, 3.8) is 0 Å². The summed E-state index contributed by atoms with van der Waals surface area (Å²) >= 11 is 1.90. The van der Waals surface area contributed by atoms with Crippen LogP contribution in [0.25, 0.3) is 0 Å². The number of hydrogen-bond donors (Lipinski definition) is 1. The maximum absolute atomic E-state index is 12.1. The zero-order valence-corrected chi connectivity index (χ0v) is 17.6. The van der Waals surface area contributed by atoms with Crippen molar-refractivity contribution < 1.29 is 5.11 Å². The maximum Gasteiger partial charge on any atom is 0.250 e. The van der Waals surface area contributed by atoms with Gasteiger partial charge in [-0.05, 0) is 30.6 Å². The van der Waals surface area contributed by atoms with E-state index in [0.717, 1.165) is 31.9 Å². The molecular formula is C22H36N2O2S. The molecule has 4 nitrogen and oxygen atoms in total. The van der Waals surface area contributed by atoms with Crippen molar-refractivity contribution in [2.24, 2.45) is 5.92 Å². The number of aliphatic hydroxyl groups is 1. The minimum absolute atomic E-state index is 0.141. The normalized spacial score (nSPS) is 23.2. The molecule has 3 rings (SSSR count). The van der Waals surface area contributed by atoms with E-state index in [9.17, 15) is 9.90 Å². The summed E-state index contributed by atoms with van der Waals surface area (Å²) in [5.41, 5.74) is 1.33. The van der Waals surface area contributed by atoms with E-state index in [0.29, 0.717) is 11.8 Å². The number of aromatic nitrogens is 1. The second kappa shape index (κ2) is 10.7. The molecule has 2 bridgehead atoms. The molecule has 2 aliphatic rings. The van der Waals surface area contributed by atoms with E-state index in [1.54, 1.807) is 6.07 Å². The lowest BCUT2D eigenvalue weighted by molar-refractivity contribution is 0.0717. The Hall–Kier alpha value is -0.780. The SMILES string of the molecule is CCCCCCCCSCC(O)CN1C[C@H]2C[C@@H](C1)c1cccc(=O)n1C2. The maximum atomic E-state index is 12.1. The highest BCUT2D eigenvalue weighted by atomic mass is 32.2. The van der Waals surface area contributed by atoms with Gasteiger partial charge in [-0.2, -0.15) is 11.8 Å². The third kappa shape index (κ3) is 6.10. The number of aliphatic hydroxyl groups excluding tert-OH is 1. The number of rotatable bonds is 11. The fourth-order valence-electron chi connectivity index (χ4n) is 4.70. The molecule has 0 saturated carbocycles. The first-order valence-electron chi connectivity index (χ1n) is 10.8. The van der Waals surface area contributed by atoms with Crippen molar-refractivity contribution in [1.29, 1.82) is 0 Å². The van der Waals surface area contributed by atoms with Crippen LogP contribution in [-0.4, -0.2) is 51.8 Å². The smallest absolute Gasteiger partial charge is 0.250 e. The van der Waals surface area contributed by atoms with Gasteiger partial charge in [0, 0.05) is 49.6 Å². The lowest BCUT2D eigenvalue weighted by Gasteiger charge is -2.43. The molecule has 1 aromatic heterocycles. The number of fused-ring (bicyclic) bond motifs is 4. The quantitative estimate of drug-likeness (QED) is 0.583. The summed E-state index contributed by atoms with van der Waals surface area (Å²) in [7, 11) is 0. The van der Waals surface area contributed by atoms with Gasteiger partial charge in [-0.25, -0.2) is 0 Å². The highest BCUT2D eigenvalue weighted by molar-refractivity contribution is 7.99. The molecule has 1 saturated heterocycles. The second-order valence-corrected chi connectivity index (χ2v) is 9.56. The molecule has 0 amide bonds. The summed E-state index contributed by atoms with van der Waals surface area (Å²) in [6.45, 7) is 5.85. The molecule has 0 spiro atoms. The van der Waals surface area contributed by atoms with Gasteiger partial charge >= 0.3 is 0 Å². The summed E-state index contributed by atoms with van der Waals surface area (Å²) in [5.74, 6) is 3.00. The molecule has 0 aromatic carbocycles. The number of unbranched alkanes of at least 4 members (excludes halogenated alkanes) is 5. The molecule has 5 heteroatoms. The van der Waals surface area contributed by atoms with Gasteiger partial charge in [0.1, 0.15) is 0 Å². The standard InChI is InChI=1S/C22H36N2O2S/c1-2-3-4-5-6-7-11-27-17-20(25)16-23-13-18-12-19(15-23)21-9-8-10-22(26)24(21)14-18/h8-10,18-20,25H,2-7,11-17H2,1H3/t18-,19+,20?/m1/s1. The van der Waals surface area contributed by atoms with Crippen LogP contribution in [0.1, 0.15) is 63.5 Å². The van der Waals surface area contributed by atoms with Crippen LogP contribution in [-0.2, 0) is 6.54 Å². The lowest BCUT2D eigenvalue weighted by atomic mass is 9.83. The van der Waals surface area contributed by atoms with Gasteiger partial charge in [0.05, 0.1) is 6.10 Å². The minimum Gasteiger partial charge on any atom is -0.391 e. The highest BCUT2D eigenvalue weighted by Gasteiger charge is 2.34. The molecule has 1 aromatic rings. The van der Waals surface area contributed by atoms with Crippen LogP contribution < -0.4 is 5.56 Å². The van der Waals surface area contributed by atoms with Gasteiger partial charge in [0.15, 0.2) is 0 Å². The van der Waals surface area contributed by atoms with Crippen molar-refractivity contribution >= 4 is 11.8 Å². The third-order valence-electron chi connectivity index (χ3n) is 5.98. The molecule has 2 aliphatic heterocycles. The van der Waals surface area contributed by atoms with E-state index < -0.39 is 0 Å². The van der Waals surface area contributed by atoms with E-state index in [2.05, 4.69) is 17.9 Å². The van der Waals surface area contributed by atoms with Gasteiger partial charge in [-0.3, -0.25) is 9.69 Å². The number of β-amino-alcohol motifs (C(OH)–C–C–N with tert-alkyl or cyclic N) is 1. The molecule has 3 heterocycles. The summed E-state index contributed by atoms with van der Waals surface area (Å²) in [6.07, 6.45) is 8.95. The van der Waals surface area contributed by atoms with Crippen molar-refractivity contribution in [3.8, 4) is 0 Å². The number of pyridine rings is 1. The predicted octanol–water partition coefficient (Wildman–Crippen LogP) is 3.72. The van der Waals surface area contributed by atoms with E-state index in [1.807, 2.05) is 22.4 Å². The Morgan fingerprint density at radius 1 is 1.15 bits per heavy atom. The largest absolute Gasteiger partial charge is 0.391 e. The number of likely N-dealkylation sites (tertiary alicyclic amines) is 1. The summed E-state index contributed by atoms with van der Waals surface area (Å²) < 4.78 is 1.98. The van der Waals surface area contributed by atoms with Crippen molar-refractivity contribution in [3.05, 3.63) is 34.2 Å². The topological polar surface area (TPSA) is 45.5 Å². The summed E-state index contributed by atoms with van der Waals surface area (Å²) in [6, 6.07) is 5.67. The molecule has 1 N–H and O–H groups in total. The van der Waals surface area contributed by atoms with E-state index in [1.165, 1.54) is 56.4 Å². The Morgan fingerprint density at radius 2 is 1.96 bits per heavy atom.